The molecule has 0 spiro atoms. The lowest BCUT2D eigenvalue weighted by Gasteiger charge is -2.17. The number of benzene rings is 2. The molecule has 3 N–H and O–H groups in total. The standard InChI is InChI=1S/C21H23N3O2/c1-24(13-11-17-6-8-20-19(14-17)10-12-22-20)15-18-4-2-16(3-5-18)7-9-21(25)23-26/h2-10,12,14,22,26H,11,13,15H2,1H3,(H,23,25)/b9-7+. The molecule has 0 atom stereocenters. The smallest absolute Gasteiger partial charge is 0.267 e. The summed E-state index contributed by atoms with van der Waals surface area (Å²) in [5.41, 5.74) is 6.22. The summed E-state index contributed by atoms with van der Waals surface area (Å²) in [6.07, 6.45) is 5.93. The van der Waals surface area contributed by atoms with E-state index in [9.17, 15) is 4.79 Å². The van der Waals surface area contributed by atoms with E-state index in [1.54, 1.807) is 11.6 Å². The number of hydrogen-bond donors (Lipinski definition) is 3. The van der Waals surface area contributed by atoms with E-state index >= 15 is 0 Å². The number of aromatic nitrogens is 1. The molecule has 1 amide bonds. The van der Waals surface area contributed by atoms with Gasteiger partial charge in [0.15, 0.2) is 0 Å². The predicted molar refractivity (Wildman–Crippen MR) is 104 cm³/mol. The number of likely N-dealkylation sites (N-methyl/N-ethyl adjacent to an activating group) is 1. The molecule has 134 valence electrons. The van der Waals surface area contributed by atoms with Crippen LogP contribution in [0.4, 0.5) is 0 Å². The number of carbonyl (C=O) groups excluding carboxylic acids is 1. The first kappa shape index (κ1) is 17.9. The molecule has 0 saturated heterocycles. The first-order valence-electron chi connectivity index (χ1n) is 8.60. The van der Waals surface area contributed by atoms with E-state index in [0.29, 0.717) is 0 Å². The minimum absolute atomic E-state index is 0.536. The zero-order valence-electron chi connectivity index (χ0n) is 14.8. The van der Waals surface area contributed by atoms with Gasteiger partial charge in [0.2, 0.25) is 0 Å². The number of hydroxylamine groups is 1. The maximum absolute atomic E-state index is 11.0. The zero-order chi connectivity index (χ0) is 18.4. The second kappa shape index (κ2) is 8.47. The average Bonchev–Trinajstić information content (AvgIpc) is 3.13. The number of carbonyl (C=O) groups is 1. The van der Waals surface area contributed by atoms with Crippen molar-refractivity contribution in [1.29, 1.82) is 0 Å². The minimum Gasteiger partial charge on any atom is -0.361 e. The van der Waals surface area contributed by atoms with Crippen LogP contribution in [0.3, 0.4) is 0 Å². The maximum Gasteiger partial charge on any atom is 0.267 e. The highest BCUT2D eigenvalue weighted by atomic mass is 16.5. The summed E-state index contributed by atoms with van der Waals surface area (Å²) in [7, 11) is 2.12. The second-order valence-corrected chi connectivity index (χ2v) is 6.44. The molecule has 26 heavy (non-hydrogen) atoms. The number of fused-ring (bicyclic) bond motifs is 1. The Bertz CT molecular complexity index is 897. The molecular formula is C21H23N3O2. The Balaban J connectivity index is 1.51. The van der Waals surface area contributed by atoms with Crippen LogP contribution in [0, 0.1) is 0 Å². The van der Waals surface area contributed by atoms with Gasteiger partial charge < -0.3 is 9.88 Å². The lowest BCUT2D eigenvalue weighted by Crippen LogP contribution is -2.20. The van der Waals surface area contributed by atoms with E-state index in [4.69, 9.17) is 5.21 Å². The van der Waals surface area contributed by atoms with Crippen molar-refractivity contribution in [3.05, 3.63) is 77.5 Å². The molecule has 2 aromatic carbocycles. The van der Waals surface area contributed by atoms with Gasteiger partial charge in [-0.05, 0) is 59.8 Å². The molecule has 0 saturated carbocycles. The fourth-order valence-electron chi connectivity index (χ4n) is 2.91. The van der Waals surface area contributed by atoms with E-state index < -0.39 is 5.91 Å². The molecule has 0 unspecified atom stereocenters. The number of amides is 1. The average molecular weight is 349 g/mol. The van der Waals surface area contributed by atoms with Crippen molar-refractivity contribution in [2.24, 2.45) is 0 Å². The van der Waals surface area contributed by atoms with Gasteiger partial charge in [0.05, 0.1) is 0 Å². The Morgan fingerprint density at radius 1 is 1.15 bits per heavy atom. The quantitative estimate of drug-likeness (QED) is 0.348. The highest BCUT2D eigenvalue weighted by molar-refractivity contribution is 5.90. The van der Waals surface area contributed by atoms with Crippen LogP contribution >= 0.6 is 0 Å². The van der Waals surface area contributed by atoms with Crippen LogP contribution < -0.4 is 5.48 Å². The summed E-state index contributed by atoms with van der Waals surface area (Å²) in [6, 6.07) is 16.7. The molecule has 0 bridgehead atoms. The Kier molecular flexibility index (Phi) is 5.84. The Labute approximate surface area is 152 Å². The number of nitrogens with zero attached hydrogens (tertiary/aromatic N) is 1. The molecule has 1 heterocycles. The Hall–Kier alpha value is -2.89. The SMILES string of the molecule is CN(CCc1ccc2[nH]ccc2c1)Cc1ccc(/C=C/C(=O)NO)cc1. The number of aromatic amines is 1. The van der Waals surface area contributed by atoms with Gasteiger partial charge in [-0.1, -0.05) is 30.3 Å². The number of H-pyrrole nitrogens is 1. The molecular weight excluding hydrogens is 326 g/mol. The lowest BCUT2D eigenvalue weighted by atomic mass is 10.1. The fraction of sp³-hybridized carbons (Fsp3) is 0.190. The van der Waals surface area contributed by atoms with Crippen molar-refractivity contribution < 1.29 is 10.0 Å². The number of nitrogens with one attached hydrogen (secondary N) is 2. The third-order valence-corrected chi connectivity index (χ3v) is 4.37. The number of hydrogen-bond acceptors (Lipinski definition) is 3. The topological polar surface area (TPSA) is 68.4 Å². The van der Waals surface area contributed by atoms with Gasteiger partial charge in [-0.15, -0.1) is 0 Å². The van der Waals surface area contributed by atoms with E-state index in [2.05, 4.69) is 53.3 Å². The van der Waals surface area contributed by atoms with Crippen molar-refractivity contribution in [1.82, 2.24) is 15.4 Å². The van der Waals surface area contributed by atoms with Crippen molar-refractivity contribution in [3.63, 3.8) is 0 Å². The molecule has 3 rings (SSSR count). The summed E-state index contributed by atoms with van der Waals surface area (Å²) in [5, 5.41) is 9.73. The van der Waals surface area contributed by atoms with Gasteiger partial charge in [0.25, 0.3) is 5.91 Å². The third-order valence-electron chi connectivity index (χ3n) is 4.37. The zero-order valence-corrected chi connectivity index (χ0v) is 14.8. The van der Waals surface area contributed by atoms with Gasteiger partial charge in [0, 0.05) is 30.9 Å². The monoisotopic (exact) mass is 349 g/mol. The van der Waals surface area contributed by atoms with Crippen LogP contribution in [0.15, 0.2) is 60.8 Å². The van der Waals surface area contributed by atoms with Crippen LogP contribution in [-0.2, 0) is 17.8 Å². The van der Waals surface area contributed by atoms with Gasteiger partial charge in [0.1, 0.15) is 0 Å². The Morgan fingerprint density at radius 3 is 2.69 bits per heavy atom. The predicted octanol–water partition coefficient (Wildman–Crippen LogP) is 3.36. The normalized spacial score (nSPS) is 11.5. The van der Waals surface area contributed by atoms with Crippen LogP contribution in [0.5, 0.6) is 0 Å². The molecule has 0 fully saturated rings. The summed E-state index contributed by atoms with van der Waals surface area (Å²) in [4.78, 5) is 16.5. The molecule has 5 heteroatoms. The van der Waals surface area contributed by atoms with Crippen LogP contribution in [0.2, 0.25) is 0 Å². The molecule has 0 aliphatic carbocycles. The minimum atomic E-state index is -0.536. The van der Waals surface area contributed by atoms with Crippen molar-refractivity contribution >= 4 is 22.9 Å². The summed E-state index contributed by atoms with van der Waals surface area (Å²) >= 11 is 0. The largest absolute Gasteiger partial charge is 0.361 e. The molecule has 5 nitrogen and oxygen atoms in total. The Morgan fingerprint density at radius 2 is 1.92 bits per heavy atom. The van der Waals surface area contributed by atoms with Crippen LogP contribution in [0.25, 0.3) is 17.0 Å². The highest BCUT2D eigenvalue weighted by Crippen LogP contribution is 2.15. The van der Waals surface area contributed by atoms with Gasteiger partial charge >= 0.3 is 0 Å². The van der Waals surface area contributed by atoms with Gasteiger partial charge in [-0.3, -0.25) is 10.0 Å². The summed E-state index contributed by atoms with van der Waals surface area (Å²) < 4.78 is 0. The lowest BCUT2D eigenvalue weighted by molar-refractivity contribution is -0.124. The maximum atomic E-state index is 11.0. The molecule has 3 aromatic rings. The van der Waals surface area contributed by atoms with E-state index in [1.165, 1.54) is 28.1 Å². The molecule has 0 aliphatic heterocycles. The summed E-state index contributed by atoms with van der Waals surface area (Å²) in [5.74, 6) is -0.536. The van der Waals surface area contributed by atoms with Gasteiger partial charge in [-0.2, -0.15) is 0 Å². The summed E-state index contributed by atoms with van der Waals surface area (Å²) in [6.45, 7) is 1.85. The van der Waals surface area contributed by atoms with E-state index in [0.717, 1.165) is 25.1 Å². The van der Waals surface area contributed by atoms with E-state index in [1.807, 2.05) is 18.3 Å². The second-order valence-electron chi connectivity index (χ2n) is 6.44. The van der Waals surface area contributed by atoms with E-state index in [-0.39, 0.29) is 0 Å². The first-order valence-corrected chi connectivity index (χ1v) is 8.60. The molecule has 1 aromatic heterocycles. The molecule has 0 aliphatic rings. The third kappa shape index (κ3) is 4.81. The fourth-order valence-corrected chi connectivity index (χ4v) is 2.91. The molecule has 0 radical (unpaired) electrons. The van der Waals surface area contributed by atoms with Crippen LogP contribution in [0.1, 0.15) is 16.7 Å². The van der Waals surface area contributed by atoms with Crippen molar-refractivity contribution in [2.45, 2.75) is 13.0 Å². The number of rotatable bonds is 7. The van der Waals surface area contributed by atoms with Crippen molar-refractivity contribution in [3.8, 4) is 0 Å². The first-order chi connectivity index (χ1) is 12.6. The highest BCUT2D eigenvalue weighted by Gasteiger charge is 2.03. The van der Waals surface area contributed by atoms with Gasteiger partial charge in [-0.25, -0.2) is 5.48 Å². The van der Waals surface area contributed by atoms with Crippen molar-refractivity contribution in [2.75, 3.05) is 13.6 Å². The van der Waals surface area contributed by atoms with Crippen LogP contribution in [-0.4, -0.2) is 34.6 Å².